The maximum Gasteiger partial charge on any atom is 0.214 e. The Balaban J connectivity index is 1.58. The average Bonchev–Trinajstić information content (AvgIpc) is 3.27. The quantitative estimate of drug-likeness (QED) is 0.497. The van der Waals surface area contributed by atoms with E-state index in [2.05, 4.69) is 20.5 Å². The summed E-state index contributed by atoms with van der Waals surface area (Å²) in [4.78, 5) is 4.60. The number of imidazole rings is 1. The molecule has 0 amide bonds. The van der Waals surface area contributed by atoms with Crippen LogP contribution < -0.4 is 4.74 Å². The lowest BCUT2D eigenvalue weighted by Gasteiger charge is -2.10. The van der Waals surface area contributed by atoms with Crippen LogP contribution in [-0.4, -0.2) is 36.2 Å². The number of benzene rings is 1. The van der Waals surface area contributed by atoms with E-state index in [1.165, 1.54) is 11.8 Å². The highest BCUT2D eigenvalue weighted by Gasteiger charge is 2.14. The molecular formula is C17H16N6OS. The van der Waals surface area contributed by atoms with E-state index in [1.54, 1.807) is 4.68 Å². The van der Waals surface area contributed by atoms with E-state index in [1.807, 2.05) is 66.2 Å². The van der Waals surface area contributed by atoms with Crippen molar-refractivity contribution in [3.8, 4) is 11.4 Å². The molecule has 0 aliphatic heterocycles. The summed E-state index contributed by atoms with van der Waals surface area (Å²) in [5.74, 6) is 1.44. The zero-order valence-corrected chi connectivity index (χ0v) is 14.4. The van der Waals surface area contributed by atoms with Gasteiger partial charge in [0, 0.05) is 18.1 Å². The fraction of sp³-hybridized carbons (Fsp3) is 0.176. The predicted octanol–water partition coefficient (Wildman–Crippen LogP) is 3.00. The number of pyridine rings is 1. The first-order valence-electron chi connectivity index (χ1n) is 7.91. The van der Waals surface area contributed by atoms with E-state index in [0.29, 0.717) is 17.5 Å². The maximum atomic E-state index is 5.68. The summed E-state index contributed by atoms with van der Waals surface area (Å²) in [6.45, 7) is 2.54. The van der Waals surface area contributed by atoms with E-state index in [9.17, 15) is 0 Å². The van der Waals surface area contributed by atoms with Crippen LogP contribution in [0.2, 0.25) is 0 Å². The van der Waals surface area contributed by atoms with Crippen LogP contribution in [0, 0.1) is 0 Å². The van der Waals surface area contributed by atoms with Crippen molar-refractivity contribution in [1.29, 1.82) is 0 Å². The van der Waals surface area contributed by atoms with Crippen molar-refractivity contribution in [1.82, 2.24) is 29.6 Å². The van der Waals surface area contributed by atoms with Crippen LogP contribution >= 0.6 is 11.8 Å². The van der Waals surface area contributed by atoms with Gasteiger partial charge in [-0.05, 0) is 41.6 Å². The second kappa shape index (κ2) is 6.94. The number of thioether (sulfide) groups is 1. The van der Waals surface area contributed by atoms with Crippen LogP contribution in [0.5, 0.6) is 5.75 Å². The molecule has 8 heteroatoms. The van der Waals surface area contributed by atoms with Gasteiger partial charge in [0.25, 0.3) is 0 Å². The van der Waals surface area contributed by atoms with Crippen LogP contribution in [-0.2, 0) is 5.75 Å². The second-order valence-corrected chi connectivity index (χ2v) is 6.20. The number of rotatable bonds is 6. The number of ether oxygens (including phenoxy) is 1. The first-order chi connectivity index (χ1) is 12.3. The molecular weight excluding hydrogens is 336 g/mol. The topological polar surface area (TPSA) is 70.1 Å². The summed E-state index contributed by atoms with van der Waals surface area (Å²) in [5.41, 5.74) is 2.73. The van der Waals surface area contributed by atoms with Crippen molar-refractivity contribution in [2.45, 2.75) is 17.8 Å². The third-order valence-electron chi connectivity index (χ3n) is 3.60. The lowest BCUT2D eigenvalue weighted by molar-refractivity contribution is 0.337. The maximum absolute atomic E-state index is 5.68. The van der Waals surface area contributed by atoms with E-state index in [-0.39, 0.29) is 0 Å². The SMILES string of the molecule is CCOc1ccccc1-n1nnnc1SCc1cn2ccccc2n1. The van der Waals surface area contributed by atoms with Crippen molar-refractivity contribution in [2.24, 2.45) is 0 Å². The minimum atomic E-state index is 0.586. The van der Waals surface area contributed by atoms with Crippen LogP contribution in [0.15, 0.2) is 60.0 Å². The molecule has 3 heterocycles. The Hall–Kier alpha value is -2.87. The second-order valence-electron chi connectivity index (χ2n) is 5.26. The number of hydrogen-bond acceptors (Lipinski definition) is 6. The predicted molar refractivity (Wildman–Crippen MR) is 95.1 cm³/mol. The molecule has 0 aliphatic rings. The lowest BCUT2D eigenvalue weighted by atomic mass is 10.3. The van der Waals surface area contributed by atoms with Crippen LogP contribution in [0.1, 0.15) is 12.6 Å². The van der Waals surface area contributed by atoms with Gasteiger partial charge < -0.3 is 9.14 Å². The molecule has 25 heavy (non-hydrogen) atoms. The molecule has 0 saturated carbocycles. The minimum Gasteiger partial charge on any atom is -0.492 e. The van der Waals surface area contributed by atoms with Crippen molar-refractivity contribution in [2.75, 3.05) is 6.61 Å². The third kappa shape index (κ3) is 3.20. The Morgan fingerprint density at radius 2 is 2.00 bits per heavy atom. The molecule has 1 aromatic carbocycles. The Morgan fingerprint density at radius 1 is 1.12 bits per heavy atom. The molecule has 0 aliphatic carbocycles. The van der Waals surface area contributed by atoms with E-state index in [0.717, 1.165) is 22.8 Å². The highest BCUT2D eigenvalue weighted by Crippen LogP contribution is 2.27. The number of hydrogen-bond donors (Lipinski definition) is 0. The Morgan fingerprint density at radius 3 is 2.88 bits per heavy atom. The average molecular weight is 352 g/mol. The Labute approximate surface area is 148 Å². The highest BCUT2D eigenvalue weighted by atomic mass is 32.2. The fourth-order valence-corrected chi connectivity index (χ4v) is 3.29. The number of nitrogens with zero attached hydrogens (tertiary/aromatic N) is 6. The molecule has 0 bridgehead atoms. The van der Waals surface area contributed by atoms with Crippen molar-refractivity contribution >= 4 is 17.4 Å². The molecule has 0 radical (unpaired) electrons. The molecule has 4 rings (SSSR count). The Bertz CT molecular complexity index is 962. The molecule has 0 unspecified atom stereocenters. The van der Waals surface area contributed by atoms with Crippen LogP contribution in [0.4, 0.5) is 0 Å². The van der Waals surface area contributed by atoms with Gasteiger partial charge in [-0.2, -0.15) is 4.68 Å². The summed E-state index contributed by atoms with van der Waals surface area (Å²) < 4.78 is 9.38. The van der Waals surface area contributed by atoms with Gasteiger partial charge in [-0.15, -0.1) is 5.10 Å². The molecule has 0 spiro atoms. The smallest absolute Gasteiger partial charge is 0.214 e. The van der Waals surface area contributed by atoms with Gasteiger partial charge in [0.1, 0.15) is 17.1 Å². The van der Waals surface area contributed by atoms with Gasteiger partial charge in [-0.1, -0.05) is 30.0 Å². The Kier molecular flexibility index (Phi) is 4.34. The molecule has 0 atom stereocenters. The zero-order chi connectivity index (χ0) is 17.1. The van der Waals surface area contributed by atoms with E-state index >= 15 is 0 Å². The van der Waals surface area contributed by atoms with Crippen LogP contribution in [0.3, 0.4) is 0 Å². The van der Waals surface area contributed by atoms with E-state index in [4.69, 9.17) is 4.74 Å². The van der Waals surface area contributed by atoms with Crippen molar-refractivity contribution in [3.05, 3.63) is 60.6 Å². The van der Waals surface area contributed by atoms with Crippen molar-refractivity contribution in [3.63, 3.8) is 0 Å². The summed E-state index contributed by atoms with van der Waals surface area (Å²) in [7, 11) is 0. The highest BCUT2D eigenvalue weighted by molar-refractivity contribution is 7.98. The monoisotopic (exact) mass is 352 g/mol. The zero-order valence-electron chi connectivity index (χ0n) is 13.6. The van der Waals surface area contributed by atoms with Gasteiger partial charge in [0.2, 0.25) is 5.16 Å². The number of fused-ring (bicyclic) bond motifs is 1. The molecule has 7 nitrogen and oxygen atoms in total. The normalized spacial score (nSPS) is 11.1. The van der Waals surface area contributed by atoms with E-state index < -0.39 is 0 Å². The third-order valence-corrected chi connectivity index (χ3v) is 4.55. The lowest BCUT2D eigenvalue weighted by Crippen LogP contribution is -2.03. The number of aromatic nitrogens is 6. The molecule has 126 valence electrons. The summed E-state index contributed by atoms with van der Waals surface area (Å²) in [5, 5.41) is 12.8. The summed E-state index contributed by atoms with van der Waals surface area (Å²) >= 11 is 1.54. The van der Waals surface area contributed by atoms with Gasteiger partial charge in [0.05, 0.1) is 12.3 Å². The molecule has 3 aromatic heterocycles. The molecule has 4 aromatic rings. The number of tetrazole rings is 1. The largest absolute Gasteiger partial charge is 0.492 e. The van der Waals surface area contributed by atoms with Crippen LogP contribution in [0.25, 0.3) is 11.3 Å². The number of para-hydroxylation sites is 2. The van der Waals surface area contributed by atoms with Gasteiger partial charge in [0.15, 0.2) is 0 Å². The summed E-state index contributed by atoms with van der Waals surface area (Å²) in [6.07, 6.45) is 4.00. The summed E-state index contributed by atoms with van der Waals surface area (Å²) in [6, 6.07) is 13.7. The molecule has 0 N–H and O–H groups in total. The standard InChI is InChI=1S/C17H16N6OS/c1-2-24-15-8-4-3-7-14(15)23-17(19-20-21-23)25-12-13-11-22-10-6-5-9-16(22)18-13/h3-11H,2,12H2,1H3. The first kappa shape index (κ1) is 15.6. The first-order valence-corrected chi connectivity index (χ1v) is 8.89. The van der Waals surface area contributed by atoms with Crippen molar-refractivity contribution < 1.29 is 4.74 Å². The van der Waals surface area contributed by atoms with Gasteiger partial charge in [-0.25, -0.2) is 4.98 Å². The molecule has 0 fully saturated rings. The van der Waals surface area contributed by atoms with Gasteiger partial charge >= 0.3 is 0 Å². The molecule has 0 saturated heterocycles. The minimum absolute atomic E-state index is 0.586. The fourth-order valence-electron chi connectivity index (χ4n) is 2.53. The van der Waals surface area contributed by atoms with Gasteiger partial charge in [-0.3, -0.25) is 0 Å².